The van der Waals surface area contributed by atoms with E-state index in [9.17, 15) is 9.59 Å². The van der Waals surface area contributed by atoms with Gasteiger partial charge in [0.2, 0.25) is 5.95 Å². The lowest BCUT2D eigenvalue weighted by atomic mass is 9.96. The zero-order valence-electron chi connectivity index (χ0n) is 13.0. The number of hydrogen-bond acceptors (Lipinski definition) is 9. The molecule has 2 aliphatic rings. The molecule has 11 heteroatoms. The lowest BCUT2D eigenvalue weighted by Crippen LogP contribution is -2.34. The van der Waals surface area contributed by atoms with Crippen LogP contribution in [-0.2, 0) is 4.79 Å². The lowest BCUT2D eigenvalue weighted by molar-refractivity contribution is -0.115. The van der Waals surface area contributed by atoms with Crippen LogP contribution in [0.5, 0.6) is 0 Å². The zero-order chi connectivity index (χ0) is 17.2. The molecule has 2 aliphatic heterocycles. The third kappa shape index (κ3) is 3.36. The number of H-pyrrole nitrogens is 1. The summed E-state index contributed by atoms with van der Waals surface area (Å²) in [5, 5.41) is 16.1. The van der Waals surface area contributed by atoms with E-state index >= 15 is 0 Å². The monoisotopic (exact) mass is 358 g/mol. The van der Waals surface area contributed by atoms with Gasteiger partial charge in [-0.05, 0) is 36.7 Å². The summed E-state index contributed by atoms with van der Waals surface area (Å²) in [5.41, 5.74) is 0.595. The fourth-order valence-electron chi connectivity index (χ4n) is 2.83. The summed E-state index contributed by atoms with van der Waals surface area (Å²) in [6.45, 7) is 1.57. The van der Waals surface area contributed by atoms with Crippen LogP contribution in [0.25, 0.3) is 6.08 Å². The van der Waals surface area contributed by atoms with Crippen LogP contribution < -0.4 is 10.2 Å². The van der Waals surface area contributed by atoms with Gasteiger partial charge in [0.05, 0.1) is 10.6 Å². The van der Waals surface area contributed by atoms with Gasteiger partial charge in [0.25, 0.3) is 11.1 Å². The minimum atomic E-state index is -0.393. The average molecular weight is 358 g/mol. The molecule has 0 atom stereocenters. The number of aromatic amines is 1. The number of imide groups is 1. The van der Waals surface area contributed by atoms with Gasteiger partial charge in [-0.25, -0.2) is 9.97 Å². The average Bonchev–Trinajstić information content (AvgIpc) is 3.26. The van der Waals surface area contributed by atoms with Crippen molar-refractivity contribution in [2.75, 3.05) is 18.0 Å². The van der Waals surface area contributed by atoms with Gasteiger partial charge < -0.3 is 4.90 Å². The molecule has 25 heavy (non-hydrogen) atoms. The molecule has 2 fully saturated rings. The zero-order valence-corrected chi connectivity index (χ0v) is 13.9. The third-order valence-electron chi connectivity index (χ3n) is 4.09. The summed E-state index contributed by atoms with van der Waals surface area (Å²) in [7, 11) is 0. The molecule has 0 aliphatic carbocycles. The van der Waals surface area contributed by atoms with Crippen molar-refractivity contribution in [2.45, 2.75) is 18.8 Å². The number of carbonyl (C=O) groups excluding carboxylic acids is 2. The molecule has 0 saturated carbocycles. The SMILES string of the molecule is O=C1NC(=O)C(=Cc2ccnc(N3CCC(c4nn[nH]n4)CC3)n2)S1. The summed E-state index contributed by atoms with van der Waals surface area (Å²) in [5.74, 6) is 1.24. The van der Waals surface area contributed by atoms with Crippen LogP contribution in [0, 0.1) is 0 Å². The van der Waals surface area contributed by atoms with Crippen molar-refractivity contribution in [1.82, 2.24) is 35.9 Å². The Hall–Kier alpha value is -2.82. The highest BCUT2D eigenvalue weighted by atomic mass is 32.2. The van der Waals surface area contributed by atoms with Gasteiger partial charge in [-0.1, -0.05) is 5.21 Å². The van der Waals surface area contributed by atoms with Gasteiger partial charge in [0.15, 0.2) is 5.82 Å². The van der Waals surface area contributed by atoms with E-state index in [0.29, 0.717) is 16.5 Å². The maximum atomic E-state index is 11.6. The first-order chi connectivity index (χ1) is 12.2. The number of piperidine rings is 1. The molecule has 2 aromatic rings. The Kier molecular flexibility index (Phi) is 4.14. The molecule has 128 valence electrons. The predicted molar refractivity (Wildman–Crippen MR) is 89.5 cm³/mol. The lowest BCUT2D eigenvalue weighted by Gasteiger charge is -2.30. The molecule has 4 rings (SSSR count). The maximum Gasteiger partial charge on any atom is 0.290 e. The standard InChI is InChI=1S/C14H14N8O2S/c23-12-10(25-14(24)17-12)7-9-1-4-15-13(16-9)22-5-2-8(3-6-22)11-18-20-21-19-11/h1,4,7-8H,2-3,5-6H2,(H,17,23,24)(H,18,19,20,21). The molecule has 0 bridgehead atoms. The molecule has 0 aromatic carbocycles. The Labute approximate surface area is 146 Å². The Morgan fingerprint density at radius 1 is 1.28 bits per heavy atom. The number of nitrogens with zero attached hydrogens (tertiary/aromatic N) is 6. The summed E-state index contributed by atoms with van der Waals surface area (Å²) in [4.78, 5) is 34.1. The van der Waals surface area contributed by atoms with Crippen molar-refractivity contribution in [3.63, 3.8) is 0 Å². The Morgan fingerprint density at radius 2 is 2.12 bits per heavy atom. The number of anilines is 1. The Balaban J connectivity index is 1.46. The molecule has 0 radical (unpaired) electrons. The number of amides is 2. The minimum absolute atomic E-state index is 0.282. The summed E-state index contributed by atoms with van der Waals surface area (Å²) >= 11 is 0.873. The molecule has 0 unspecified atom stereocenters. The van der Waals surface area contributed by atoms with Crippen molar-refractivity contribution >= 4 is 34.9 Å². The summed E-state index contributed by atoms with van der Waals surface area (Å²) < 4.78 is 0. The van der Waals surface area contributed by atoms with Crippen molar-refractivity contribution < 1.29 is 9.59 Å². The molecular formula is C14H14N8O2S. The van der Waals surface area contributed by atoms with Gasteiger partial charge in [-0.2, -0.15) is 5.21 Å². The van der Waals surface area contributed by atoms with Crippen LogP contribution in [0.2, 0.25) is 0 Å². The second kappa shape index (κ2) is 6.59. The first-order valence-corrected chi connectivity index (χ1v) is 8.57. The molecule has 10 nitrogen and oxygen atoms in total. The molecule has 2 aromatic heterocycles. The number of rotatable bonds is 3. The highest BCUT2D eigenvalue weighted by Crippen LogP contribution is 2.28. The van der Waals surface area contributed by atoms with Crippen LogP contribution in [0.3, 0.4) is 0 Å². The normalized spacial score (nSPS) is 20.3. The number of thioether (sulfide) groups is 1. The van der Waals surface area contributed by atoms with Crippen molar-refractivity contribution in [1.29, 1.82) is 0 Å². The van der Waals surface area contributed by atoms with E-state index in [1.165, 1.54) is 0 Å². The summed E-state index contributed by atoms with van der Waals surface area (Å²) in [6, 6.07) is 1.71. The van der Waals surface area contributed by atoms with Crippen LogP contribution in [0.15, 0.2) is 17.2 Å². The maximum absolute atomic E-state index is 11.6. The van der Waals surface area contributed by atoms with Crippen LogP contribution in [0.4, 0.5) is 10.7 Å². The van der Waals surface area contributed by atoms with E-state index in [2.05, 4.69) is 40.8 Å². The van der Waals surface area contributed by atoms with E-state index in [4.69, 9.17) is 0 Å². The third-order valence-corrected chi connectivity index (χ3v) is 4.90. The van der Waals surface area contributed by atoms with E-state index in [1.807, 2.05) is 0 Å². The van der Waals surface area contributed by atoms with Gasteiger partial charge in [0.1, 0.15) is 0 Å². The highest BCUT2D eigenvalue weighted by Gasteiger charge is 2.26. The van der Waals surface area contributed by atoms with E-state index in [1.54, 1.807) is 18.3 Å². The van der Waals surface area contributed by atoms with Crippen molar-refractivity contribution in [2.24, 2.45) is 0 Å². The van der Waals surface area contributed by atoms with Gasteiger partial charge >= 0.3 is 0 Å². The number of tetrazole rings is 1. The number of hydrogen-bond donors (Lipinski definition) is 2. The van der Waals surface area contributed by atoms with Crippen molar-refractivity contribution in [3.8, 4) is 0 Å². The van der Waals surface area contributed by atoms with Gasteiger partial charge in [-0.15, -0.1) is 10.2 Å². The fraction of sp³-hybridized carbons (Fsp3) is 0.357. The molecule has 2 N–H and O–H groups in total. The van der Waals surface area contributed by atoms with Crippen LogP contribution in [-0.4, -0.2) is 54.8 Å². The highest BCUT2D eigenvalue weighted by molar-refractivity contribution is 8.18. The Bertz CT molecular complexity index is 829. The van der Waals surface area contributed by atoms with Crippen LogP contribution in [0.1, 0.15) is 30.3 Å². The number of carbonyl (C=O) groups is 2. The van der Waals surface area contributed by atoms with E-state index in [0.717, 1.165) is 43.5 Å². The summed E-state index contributed by atoms with van der Waals surface area (Å²) in [6.07, 6.45) is 5.03. The molecule has 2 saturated heterocycles. The predicted octanol–water partition coefficient (Wildman–Crippen LogP) is 0.698. The van der Waals surface area contributed by atoms with Gasteiger partial charge in [0, 0.05) is 25.2 Å². The molecule has 0 spiro atoms. The minimum Gasteiger partial charge on any atom is -0.341 e. The van der Waals surface area contributed by atoms with Crippen molar-refractivity contribution in [3.05, 3.63) is 28.7 Å². The van der Waals surface area contributed by atoms with E-state index < -0.39 is 5.91 Å². The molecule has 4 heterocycles. The quantitative estimate of drug-likeness (QED) is 0.761. The van der Waals surface area contributed by atoms with Crippen LogP contribution >= 0.6 is 11.8 Å². The Morgan fingerprint density at radius 3 is 2.80 bits per heavy atom. The number of aromatic nitrogens is 6. The largest absolute Gasteiger partial charge is 0.341 e. The smallest absolute Gasteiger partial charge is 0.290 e. The second-order valence-corrected chi connectivity index (χ2v) is 6.68. The first-order valence-electron chi connectivity index (χ1n) is 7.75. The molecule has 2 amide bonds. The van der Waals surface area contributed by atoms with Gasteiger partial charge in [-0.3, -0.25) is 14.9 Å². The van der Waals surface area contributed by atoms with E-state index in [-0.39, 0.29) is 11.2 Å². The topological polar surface area (TPSA) is 130 Å². The molecular weight excluding hydrogens is 344 g/mol. The number of nitrogens with one attached hydrogen (secondary N) is 2. The first kappa shape index (κ1) is 15.7. The second-order valence-electron chi connectivity index (χ2n) is 5.67. The fourth-order valence-corrected chi connectivity index (χ4v) is 3.50.